The van der Waals surface area contributed by atoms with E-state index in [9.17, 15) is 8.42 Å². The zero-order chi connectivity index (χ0) is 15.0. The predicted octanol–water partition coefficient (Wildman–Crippen LogP) is 3.40. The molecule has 0 radical (unpaired) electrons. The van der Waals surface area contributed by atoms with Crippen LogP contribution in [0.25, 0.3) is 0 Å². The van der Waals surface area contributed by atoms with Crippen LogP contribution in [0, 0.1) is 11.8 Å². The molecule has 1 N–H and O–H groups in total. The molecule has 4 heteroatoms. The summed E-state index contributed by atoms with van der Waals surface area (Å²) in [5, 5.41) is 3.30. The molecule has 1 aliphatic rings. The van der Waals surface area contributed by atoms with Crippen molar-refractivity contribution in [3.63, 3.8) is 0 Å². The Morgan fingerprint density at radius 3 is 2.35 bits per heavy atom. The molecule has 2 atom stereocenters. The minimum Gasteiger partial charge on any atom is -0.316 e. The maximum atomic E-state index is 12.0. The van der Waals surface area contributed by atoms with Crippen molar-refractivity contribution >= 4 is 9.84 Å². The molecule has 1 aliphatic carbocycles. The van der Waals surface area contributed by atoms with Crippen molar-refractivity contribution in [2.24, 2.45) is 11.8 Å². The van der Waals surface area contributed by atoms with Crippen LogP contribution in [-0.4, -0.2) is 32.5 Å². The highest BCUT2D eigenvalue weighted by molar-refractivity contribution is 7.91. The van der Waals surface area contributed by atoms with Crippen LogP contribution in [0.15, 0.2) is 0 Å². The number of hydrogen-bond donors (Lipinski definition) is 1. The van der Waals surface area contributed by atoms with E-state index in [1.165, 1.54) is 38.5 Å². The molecule has 2 unspecified atom stereocenters. The molecule has 0 heterocycles. The van der Waals surface area contributed by atoms with E-state index in [2.05, 4.69) is 12.2 Å². The SMILES string of the molecule is CCCNCC1CCCCCC1CCS(=O)(=O)C(C)C. The largest absolute Gasteiger partial charge is 0.316 e. The maximum Gasteiger partial charge on any atom is 0.152 e. The van der Waals surface area contributed by atoms with E-state index in [0.717, 1.165) is 19.5 Å². The fourth-order valence-electron chi connectivity index (χ4n) is 3.13. The summed E-state index contributed by atoms with van der Waals surface area (Å²) in [6.07, 6.45) is 8.41. The lowest BCUT2D eigenvalue weighted by Gasteiger charge is -2.26. The van der Waals surface area contributed by atoms with Crippen LogP contribution in [0.3, 0.4) is 0 Å². The van der Waals surface area contributed by atoms with Crippen LogP contribution >= 0.6 is 0 Å². The normalized spacial score (nSPS) is 24.8. The van der Waals surface area contributed by atoms with Crippen LogP contribution in [-0.2, 0) is 9.84 Å². The predicted molar refractivity (Wildman–Crippen MR) is 86.8 cm³/mol. The maximum absolute atomic E-state index is 12.0. The van der Waals surface area contributed by atoms with Crippen molar-refractivity contribution in [2.75, 3.05) is 18.8 Å². The molecule has 0 amide bonds. The summed E-state index contributed by atoms with van der Waals surface area (Å²) in [4.78, 5) is 0. The molecule has 120 valence electrons. The molecule has 1 rings (SSSR count). The topological polar surface area (TPSA) is 46.2 Å². The molecule has 1 fully saturated rings. The van der Waals surface area contributed by atoms with Crippen LogP contribution < -0.4 is 5.32 Å². The molecule has 3 nitrogen and oxygen atoms in total. The first-order chi connectivity index (χ1) is 9.47. The first-order valence-electron chi connectivity index (χ1n) is 8.39. The van der Waals surface area contributed by atoms with Gasteiger partial charge in [-0.2, -0.15) is 0 Å². The van der Waals surface area contributed by atoms with E-state index >= 15 is 0 Å². The van der Waals surface area contributed by atoms with Gasteiger partial charge in [0.15, 0.2) is 9.84 Å². The Morgan fingerprint density at radius 2 is 1.75 bits per heavy atom. The minimum absolute atomic E-state index is 0.232. The second-order valence-electron chi connectivity index (χ2n) is 6.57. The van der Waals surface area contributed by atoms with Gasteiger partial charge in [-0.05, 0) is 58.0 Å². The molecule has 0 aromatic heterocycles. The van der Waals surface area contributed by atoms with Crippen molar-refractivity contribution in [1.82, 2.24) is 5.32 Å². The zero-order valence-electron chi connectivity index (χ0n) is 13.5. The fraction of sp³-hybridized carbons (Fsp3) is 1.00. The second-order valence-corrected chi connectivity index (χ2v) is 9.24. The molecule has 0 aliphatic heterocycles. The third kappa shape index (κ3) is 6.13. The highest BCUT2D eigenvalue weighted by atomic mass is 32.2. The number of nitrogens with one attached hydrogen (secondary N) is 1. The Kier molecular flexibility index (Phi) is 8.11. The van der Waals surface area contributed by atoms with E-state index in [0.29, 0.717) is 17.6 Å². The van der Waals surface area contributed by atoms with Gasteiger partial charge in [-0.3, -0.25) is 0 Å². The molecular weight excluding hydrogens is 270 g/mol. The third-order valence-corrected chi connectivity index (χ3v) is 6.88. The van der Waals surface area contributed by atoms with Gasteiger partial charge in [0.25, 0.3) is 0 Å². The van der Waals surface area contributed by atoms with E-state index in [1.54, 1.807) is 13.8 Å². The molecule has 0 aromatic rings. The fourth-order valence-corrected chi connectivity index (χ4v) is 4.23. The number of rotatable bonds is 8. The molecule has 0 spiro atoms. The average Bonchev–Trinajstić information content (AvgIpc) is 2.62. The molecule has 1 saturated carbocycles. The van der Waals surface area contributed by atoms with Gasteiger partial charge in [-0.15, -0.1) is 0 Å². The van der Waals surface area contributed by atoms with Gasteiger partial charge in [0.2, 0.25) is 0 Å². The van der Waals surface area contributed by atoms with E-state index < -0.39 is 9.84 Å². The van der Waals surface area contributed by atoms with Gasteiger partial charge in [-0.25, -0.2) is 8.42 Å². The summed E-state index contributed by atoms with van der Waals surface area (Å²) in [6.45, 7) is 7.92. The first kappa shape index (κ1) is 18.0. The lowest BCUT2D eigenvalue weighted by Crippen LogP contribution is -2.30. The molecular formula is C16H33NO2S. The minimum atomic E-state index is -2.88. The number of sulfone groups is 1. The van der Waals surface area contributed by atoms with Gasteiger partial charge in [0.05, 0.1) is 11.0 Å². The highest BCUT2D eigenvalue weighted by Gasteiger charge is 2.26. The van der Waals surface area contributed by atoms with Crippen molar-refractivity contribution in [1.29, 1.82) is 0 Å². The standard InChI is InChI=1S/C16H33NO2S/c1-4-11-17-13-16-9-7-5-6-8-15(16)10-12-20(18,19)14(2)3/h14-17H,4-13H2,1-3H3. The van der Waals surface area contributed by atoms with E-state index in [-0.39, 0.29) is 5.25 Å². The molecule has 0 saturated heterocycles. The molecule has 0 aromatic carbocycles. The zero-order valence-corrected chi connectivity index (χ0v) is 14.3. The lowest BCUT2D eigenvalue weighted by molar-refractivity contribution is 0.292. The van der Waals surface area contributed by atoms with Crippen LogP contribution in [0.5, 0.6) is 0 Å². The molecule has 20 heavy (non-hydrogen) atoms. The summed E-state index contributed by atoms with van der Waals surface area (Å²) >= 11 is 0. The van der Waals surface area contributed by atoms with Crippen LogP contribution in [0.2, 0.25) is 0 Å². The quantitative estimate of drug-likeness (QED) is 0.552. The second kappa shape index (κ2) is 9.04. The van der Waals surface area contributed by atoms with Crippen molar-refractivity contribution in [3.05, 3.63) is 0 Å². The van der Waals surface area contributed by atoms with Gasteiger partial charge in [0, 0.05) is 0 Å². The monoisotopic (exact) mass is 303 g/mol. The van der Waals surface area contributed by atoms with Crippen LogP contribution in [0.1, 0.15) is 65.7 Å². The Bertz CT molecular complexity index is 351. The van der Waals surface area contributed by atoms with Gasteiger partial charge in [-0.1, -0.05) is 32.6 Å². The van der Waals surface area contributed by atoms with Crippen molar-refractivity contribution in [3.8, 4) is 0 Å². The lowest BCUT2D eigenvalue weighted by atomic mass is 9.86. The summed E-state index contributed by atoms with van der Waals surface area (Å²) in [7, 11) is -2.88. The van der Waals surface area contributed by atoms with E-state index in [4.69, 9.17) is 0 Å². The van der Waals surface area contributed by atoms with Crippen LogP contribution in [0.4, 0.5) is 0 Å². The van der Waals surface area contributed by atoms with E-state index in [1.807, 2.05) is 0 Å². The summed E-state index contributed by atoms with van der Waals surface area (Å²) in [5.74, 6) is 1.64. The van der Waals surface area contributed by atoms with Crippen molar-refractivity contribution in [2.45, 2.75) is 71.0 Å². The van der Waals surface area contributed by atoms with Crippen molar-refractivity contribution < 1.29 is 8.42 Å². The molecule has 0 bridgehead atoms. The first-order valence-corrected chi connectivity index (χ1v) is 10.1. The Balaban J connectivity index is 2.52. The summed E-state index contributed by atoms with van der Waals surface area (Å²) in [5.41, 5.74) is 0. The Hall–Kier alpha value is -0.0900. The smallest absolute Gasteiger partial charge is 0.152 e. The highest BCUT2D eigenvalue weighted by Crippen LogP contribution is 2.31. The van der Waals surface area contributed by atoms with Gasteiger partial charge >= 0.3 is 0 Å². The Labute approximate surface area is 125 Å². The number of hydrogen-bond acceptors (Lipinski definition) is 3. The summed E-state index contributed by atoms with van der Waals surface area (Å²) < 4.78 is 24.0. The summed E-state index contributed by atoms with van der Waals surface area (Å²) in [6, 6.07) is 0. The Morgan fingerprint density at radius 1 is 1.10 bits per heavy atom. The third-order valence-electron chi connectivity index (χ3n) is 4.64. The average molecular weight is 304 g/mol. The van der Waals surface area contributed by atoms with Gasteiger partial charge in [0.1, 0.15) is 0 Å². The van der Waals surface area contributed by atoms with Gasteiger partial charge < -0.3 is 5.32 Å².